The van der Waals surface area contributed by atoms with Gasteiger partial charge in [-0.1, -0.05) is 6.42 Å². The van der Waals surface area contributed by atoms with E-state index in [-0.39, 0.29) is 18.1 Å². The molecule has 1 saturated carbocycles. The molecule has 30 heavy (non-hydrogen) atoms. The second kappa shape index (κ2) is 9.81. The lowest BCUT2D eigenvalue weighted by molar-refractivity contribution is -0.139. The van der Waals surface area contributed by atoms with Crippen molar-refractivity contribution in [2.24, 2.45) is 5.92 Å². The average Bonchev–Trinajstić information content (AvgIpc) is 3.18. The highest BCUT2D eigenvalue weighted by Crippen LogP contribution is 2.23. The number of aromatic nitrogens is 2. The van der Waals surface area contributed by atoms with E-state index >= 15 is 0 Å². The second-order valence-electron chi connectivity index (χ2n) is 9.06. The van der Waals surface area contributed by atoms with E-state index in [1.807, 2.05) is 18.2 Å². The van der Waals surface area contributed by atoms with Crippen LogP contribution in [-0.4, -0.2) is 76.2 Å². The number of imidazole rings is 1. The number of piperazine rings is 1. The number of amides is 2. The lowest BCUT2D eigenvalue weighted by Crippen LogP contribution is -2.61. The van der Waals surface area contributed by atoms with Crippen molar-refractivity contribution < 1.29 is 14.3 Å². The fourth-order valence-electron chi connectivity index (χ4n) is 5.03. The highest BCUT2D eigenvalue weighted by Gasteiger charge is 2.38. The van der Waals surface area contributed by atoms with Crippen LogP contribution in [-0.2, 0) is 16.1 Å². The number of ether oxygens (including phenoxy) is 1. The zero-order valence-electron chi connectivity index (χ0n) is 18.1. The molecule has 0 spiro atoms. The Kier molecular flexibility index (Phi) is 6.92. The van der Waals surface area contributed by atoms with E-state index in [9.17, 15) is 9.59 Å². The molecule has 3 fully saturated rings. The van der Waals surface area contributed by atoms with Crippen molar-refractivity contribution in [3.05, 3.63) is 18.2 Å². The van der Waals surface area contributed by atoms with Crippen LogP contribution in [0.2, 0.25) is 0 Å². The highest BCUT2D eigenvalue weighted by atomic mass is 16.6. The molecule has 0 unspecified atom stereocenters. The average molecular weight is 418 g/mol. The van der Waals surface area contributed by atoms with Gasteiger partial charge in [0.05, 0.1) is 12.0 Å². The van der Waals surface area contributed by atoms with Gasteiger partial charge < -0.3 is 19.5 Å². The third-order valence-electron chi connectivity index (χ3n) is 6.64. The Morgan fingerprint density at radius 1 is 1.17 bits per heavy atom. The van der Waals surface area contributed by atoms with Gasteiger partial charge in [-0.3, -0.25) is 9.69 Å². The van der Waals surface area contributed by atoms with Gasteiger partial charge in [-0.15, -0.1) is 0 Å². The first-order valence-corrected chi connectivity index (χ1v) is 11.6. The maximum absolute atomic E-state index is 13.4. The fraction of sp³-hybridized carbons (Fsp3) is 0.773. The second-order valence-corrected chi connectivity index (χ2v) is 9.06. The molecule has 4 rings (SSSR count). The molecule has 1 N–H and O–H groups in total. The number of hydrogen-bond donors (Lipinski definition) is 1. The molecule has 2 amide bonds. The molecule has 8 heteroatoms. The maximum Gasteiger partial charge on any atom is 0.410 e. The molecule has 3 aliphatic rings. The van der Waals surface area contributed by atoms with E-state index in [0.717, 1.165) is 63.9 Å². The molecule has 166 valence electrons. The quantitative estimate of drug-likeness (QED) is 0.812. The number of carbonyl (C=O) groups is 2. The van der Waals surface area contributed by atoms with E-state index in [2.05, 4.69) is 21.1 Å². The Hall–Kier alpha value is -2.09. The topological polar surface area (TPSA) is 79.7 Å². The van der Waals surface area contributed by atoms with Crippen molar-refractivity contribution in [1.82, 2.24) is 24.7 Å². The van der Waals surface area contributed by atoms with Gasteiger partial charge in [0, 0.05) is 45.5 Å². The normalized spacial score (nSPS) is 25.9. The van der Waals surface area contributed by atoms with Crippen LogP contribution >= 0.6 is 0 Å². The highest BCUT2D eigenvalue weighted by molar-refractivity contribution is 5.86. The number of likely N-dealkylation sites (tertiary alicyclic amines) is 1. The van der Waals surface area contributed by atoms with Gasteiger partial charge in [0.1, 0.15) is 12.1 Å². The van der Waals surface area contributed by atoms with Gasteiger partial charge in [0.2, 0.25) is 5.91 Å². The smallest absolute Gasteiger partial charge is 0.410 e. The minimum atomic E-state index is -0.468. The summed E-state index contributed by atoms with van der Waals surface area (Å²) in [7, 11) is 0. The summed E-state index contributed by atoms with van der Waals surface area (Å²) in [5.74, 6) is 0.463. The van der Waals surface area contributed by atoms with Crippen LogP contribution < -0.4 is 5.32 Å². The van der Waals surface area contributed by atoms with Crippen LogP contribution in [0.1, 0.15) is 50.6 Å². The summed E-state index contributed by atoms with van der Waals surface area (Å²) in [5.41, 5.74) is 1.01. The summed E-state index contributed by atoms with van der Waals surface area (Å²) in [6.07, 6.45) is 11.1. The van der Waals surface area contributed by atoms with Gasteiger partial charge >= 0.3 is 6.09 Å². The summed E-state index contributed by atoms with van der Waals surface area (Å²) in [4.78, 5) is 34.2. The molecule has 3 heterocycles. The molecule has 1 aromatic heterocycles. The summed E-state index contributed by atoms with van der Waals surface area (Å²) >= 11 is 0. The molecular formula is C22H35N5O3. The Bertz CT molecular complexity index is 730. The SMILES string of the molecule is Cc1cn(C[C@@H]2CCCN(C(=O)[C@H]3CNCCN3C(=O)OC3CCCCC3)C2)cn1. The van der Waals surface area contributed by atoms with E-state index in [1.165, 1.54) is 6.42 Å². The van der Waals surface area contributed by atoms with Crippen molar-refractivity contribution in [3.63, 3.8) is 0 Å². The van der Waals surface area contributed by atoms with Crippen LogP contribution in [0.4, 0.5) is 4.79 Å². The molecule has 0 bridgehead atoms. The Labute approximate surface area is 178 Å². The van der Waals surface area contributed by atoms with E-state index < -0.39 is 6.04 Å². The van der Waals surface area contributed by atoms with Crippen LogP contribution in [0.5, 0.6) is 0 Å². The largest absolute Gasteiger partial charge is 0.446 e. The minimum absolute atomic E-state index is 0.00916. The Morgan fingerprint density at radius 3 is 2.77 bits per heavy atom. The van der Waals surface area contributed by atoms with Crippen LogP contribution in [0, 0.1) is 12.8 Å². The Morgan fingerprint density at radius 2 is 2.00 bits per heavy atom. The lowest BCUT2D eigenvalue weighted by atomic mass is 9.97. The zero-order valence-corrected chi connectivity index (χ0v) is 18.1. The van der Waals surface area contributed by atoms with Gasteiger partial charge in [-0.2, -0.15) is 0 Å². The first kappa shape index (κ1) is 21.2. The first-order chi connectivity index (χ1) is 14.6. The summed E-state index contributed by atoms with van der Waals surface area (Å²) in [6, 6.07) is -0.468. The lowest BCUT2D eigenvalue weighted by Gasteiger charge is -2.40. The van der Waals surface area contributed by atoms with Crippen molar-refractivity contribution >= 4 is 12.0 Å². The zero-order chi connectivity index (χ0) is 20.9. The maximum atomic E-state index is 13.4. The number of aryl methyl sites for hydroxylation is 1. The molecule has 0 aromatic carbocycles. The number of nitrogens with zero attached hydrogens (tertiary/aromatic N) is 4. The van der Waals surface area contributed by atoms with E-state index in [1.54, 1.807) is 4.90 Å². The van der Waals surface area contributed by atoms with Gasteiger partial charge in [0.25, 0.3) is 0 Å². The first-order valence-electron chi connectivity index (χ1n) is 11.6. The Balaban J connectivity index is 1.36. The number of hydrogen-bond acceptors (Lipinski definition) is 5. The van der Waals surface area contributed by atoms with Crippen LogP contribution in [0.15, 0.2) is 12.5 Å². The molecule has 2 saturated heterocycles. The third-order valence-corrected chi connectivity index (χ3v) is 6.64. The van der Waals surface area contributed by atoms with Gasteiger partial charge in [0.15, 0.2) is 0 Å². The van der Waals surface area contributed by atoms with Crippen molar-refractivity contribution in [2.45, 2.75) is 70.6 Å². The predicted molar refractivity (Wildman–Crippen MR) is 113 cm³/mol. The van der Waals surface area contributed by atoms with Gasteiger partial charge in [-0.05, 0) is 51.4 Å². The monoisotopic (exact) mass is 417 g/mol. The number of nitrogens with one attached hydrogen (secondary N) is 1. The summed E-state index contributed by atoms with van der Waals surface area (Å²) in [5, 5.41) is 3.29. The van der Waals surface area contributed by atoms with Crippen molar-refractivity contribution in [1.29, 1.82) is 0 Å². The molecule has 8 nitrogen and oxygen atoms in total. The number of rotatable bonds is 4. The summed E-state index contributed by atoms with van der Waals surface area (Å²) in [6.45, 7) is 6.09. The van der Waals surface area contributed by atoms with Gasteiger partial charge in [-0.25, -0.2) is 9.78 Å². The van der Waals surface area contributed by atoms with Crippen molar-refractivity contribution in [2.75, 3.05) is 32.7 Å². The minimum Gasteiger partial charge on any atom is -0.446 e. The predicted octanol–water partition coefficient (Wildman–Crippen LogP) is 2.17. The summed E-state index contributed by atoms with van der Waals surface area (Å²) < 4.78 is 7.89. The molecule has 2 aliphatic heterocycles. The third kappa shape index (κ3) is 5.14. The fourth-order valence-corrected chi connectivity index (χ4v) is 5.03. The molecule has 0 radical (unpaired) electrons. The molecule has 1 aliphatic carbocycles. The standard InChI is InChI=1S/C22H35N5O3/c1-17-13-25(16-24-17)14-18-6-5-10-26(15-18)21(28)20-12-23-9-11-27(20)22(29)30-19-7-3-2-4-8-19/h13,16,18-20,23H,2-12,14-15H2,1H3/t18-,20+/m0/s1. The molecular weight excluding hydrogens is 382 g/mol. The van der Waals surface area contributed by atoms with Crippen molar-refractivity contribution in [3.8, 4) is 0 Å². The van der Waals surface area contributed by atoms with Crippen LogP contribution in [0.3, 0.4) is 0 Å². The van der Waals surface area contributed by atoms with E-state index in [0.29, 0.717) is 25.6 Å². The number of carbonyl (C=O) groups excluding carboxylic acids is 2. The number of piperidine rings is 1. The van der Waals surface area contributed by atoms with Crippen LogP contribution in [0.25, 0.3) is 0 Å². The molecule has 2 atom stereocenters. The van der Waals surface area contributed by atoms with E-state index in [4.69, 9.17) is 4.74 Å². The molecule has 1 aromatic rings.